The maximum Gasteiger partial charge on any atom is 0.335 e. The monoisotopic (exact) mass is 649 g/mol. The highest BCUT2D eigenvalue weighted by Gasteiger charge is 2.28. The number of hydrogen-bond acceptors (Lipinski definition) is 10. The highest BCUT2D eigenvalue weighted by atomic mass is 32.2. The molecule has 0 saturated heterocycles. The molecule has 0 saturated carbocycles. The van der Waals surface area contributed by atoms with Gasteiger partial charge in [0.05, 0.1) is 33.8 Å². The number of ether oxygens (including phenoxy) is 2. The molecule has 228 valence electrons. The Hall–Kier alpha value is -4.00. The van der Waals surface area contributed by atoms with Gasteiger partial charge in [-0.05, 0) is 72.5 Å². The molecule has 0 spiro atoms. The zero-order valence-corrected chi connectivity index (χ0v) is 26.3. The Morgan fingerprint density at radius 3 is 2.64 bits per heavy atom. The van der Waals surface area contributed by atoms with Gasteiger partial charge >= 0.3 is 11.9 Å². The fraction of sp³-hybridized carbons (Fsp3) is 0.281. The van der Waals surface area contributed by atoms with Crippen LogP contribution >= 0.6 is 34.4 Å². The predicted molar refractivity (Wildman–Crippen MR) is 174 cm³/mol. The summed E-state index contributed by atoms with van der Waals surface area (Å²) >= 11 is 5.24. The van der Waals surface area contributed by atoms with Gasteiger partial charge in [-0.15, -0.1) is 34.4 Å². The molecule has 2 atom stereocenters. The van der Waals surface area contributed by atoms with Crippen molar-refractivity contribution < 1.29 is 29.3 Å². The second-order valence-electron chi connectivity index (χ2n) is 10.3. The van der Waals surface area contributed by atoms with Gasteiger partial charge < -0.3 is 30.3 Å². The summed E-state index contributed by atoms with van der Waals surface area (Å²) in [7, 11) is 0. The van der Waals surface area contributed by atoms with Crippen molar-refractivity contribution in [2.45, 2.75) is 42.5 Å². The van der Waals surface area contributed by atoms with Crippen molar-refractivity contribution in [2.24, 2.45) is 0 Å². The lowest BCUT2D eigenvalue weighted by molar-refractivity contribution is -0.132. The van der Waals surface area contributed by atoms with Crippen LogP contribution in [-0.2, 0) is 4.79 Å². The van der Waals surface area contributed by atoms with Crippen LogP contribution in [0.15, 0.2) is 76.4 Å². The van der Waals surface area contributed by atoms with Crippen LogP contribution in [0, 0.1) is 0 Å². The molecule has 0 fully saturated rings. The fourth-order valence-electron chi connectivity index (χ4n) is 5.06. The molecular weight excluding hydrogens is 619 g/mol. The van der Waals surface area contributed by atoms with Gasteiger partial charge in [0.25, 0.3) is 0 Å². The highest BCUT2D eigenvalue weighted by Crippen LogP contribution is 2.54. The van der Waals surface area contributed by atoms with E-state index in [1.165, 1.54) is 37.6 Å². The second kappa shape index (κ2) is 13.3. The maximum absolute atomic E-state index is 12.0. The van der Waals surface area contributed by atoms with E-state index in [1.54, 1.807) is 34.8 Å². The van der Waals surface area contributed by atoms with E-state index in [2.05, 4.69) is 40.8 Å². The first-order chi connectivity index (χ1) is 21.4. The molecule has 0 radical (unpaired) electrons. The van der Waals surface area contributed by atoms with Gasteiger partial charge in [-0.25, -0.2) is 9.59 Å². The molecule has 3 aromatic heterocycles. The number of unbranched alkanes of at least 4 members (excludes halogenated alkanes) is 2. The van der Waals surface area contributed by atoms with E-state index in [0.29, 0.717) is 24.6 Å². The molecule has 9 nitrogen and oxygen atoms in total. The van der Waals surface area contributed by atoms with Gasteiger partial charge in [0.15, 0.2) is 11.5 Å². The summed E-state index contributed by atoms with van der Waals surface area (Å²) in [5, 5.41) is 25.9. The third-order valence-electron chi connectivity index (χ3n) is 7.26. The minimum absolute atomic E-state index is 0.0822. The van der Waals surface area contributed by atoms with E-state index in [4.69, 9.17) is 9.47 Å². The van der Waals surface area contributed by atoms with Crippen LogP contribution in [0.5, 0.6) is 11.5 Å². The Morgan fingerprint density at radius 2 is 1.84 bits per heavy atom. The van der Waals surface area contributed by atoms with Crippen molar-refractivity contribution >= 4 is 51.9 Å². The Kier molecular flexibility index (Phi) is 9.10. The van der Waals surface area contributed by atoms with Crippen molar-refractivity contribution in [2.75, 3.05) is 19.0 Å². The van der Waals surface area contributed by atoms with Crippen LogP contribution in [0.25, 0.3) is 15.3 Å². The molecule has 3 aliphatic heterocycles. The summed E-state index contributed by atoms with van der Waals surface area (Å²) in [5.41, 5.74) is 2.24. The average Bonchev–Trinajstić information content (AvgIpc) is 3.68. The van der Waals surface area contributed by atoms with E-state index < -0.39 is 18.0 Å². The summed E-state index contributed by atoms with van der Waals surface area (Å²) in [6.45, 7) is 3.29. The lowest BCUT2D eigenvalue weighted by atomic mass is 9.97. The minimum atomic E-state index is -1.08. The molecule has 6 rings (SSSR count). The zero-order valence-electron chi connectivity index (χ0n) is 23.9. The number of fused-ring (bicyclic) bond motifs is 1. The molecule has 2 unspecified atom stereocenters. The lowest BCUT2D eigenvalue weighted by Crippen LogP contribution is -2.37. The number of thioether (sulfide) groups is 1. The molecule has 0 aromatic carbocycles. The van der Waals surface area contributed by atoms with Gasteiger partial charge in [-0.1, -0.05) is 19.8 Å². The average molecular weight is 650 g/mol. The van der Waals surface area contributed by atoms with Crippen LogP contribution in [0.3, 0.4) is 0 Å². The summed E-state index contributed by atoms with van der Waals surface area (Å²) < 4.78 is 13.3. The number of carbonyl (C=O) groups is 2. The van der Waals surface area contributed by atoms with Crippen molar-refractivity contribution in [1.82, 2.24) is 15.6 Å². The number of rotatable bonds is 11. The molecule has 12 heteroatoms. The molecular formula is C32H31N3O6S3. The van der Waals surface area contributed by atoms with Crippen LogP contribution in [0.1, 0.15) is 53.2 Å². The summed E-state index contributed by atoms with van der Waals surface area (Å²) in [4.78, 5) is 31.1. The molecule has 3 aromatic rings. The number of thiophene rings is 2. The van der Waals surface area contributed by atoms with Gasteiger partial charge in [0, 0.05) is 21.6 Å². The number of nitrogens with one attached hydrogen (secondary N) is 2. The Bertz CT molecular complexity index is 1700. The minimum Gasteiger partial charge on any atom is -0.485 e. The number of aromatic nitrogens is 1. The van der Waals surface area contributed by atoms with Crippen molar-refractivity contribution in [3.05, 3.63) is 88.4 Å². The number of hydrogen-bond donors (Lipinski definition) is 4. The number of dihydropyridines is 2. The molecule has 0 amide bonds. The van der Waals surface area contributed by atoms with Crippen molar-refractivity contribution in [3.8, 4) is 21.3 Å². The Labute approximate surface area is 267 Å². The first-order valence-corrected chi connectivity index (χ1v) is 17.0. The van der Waals surface area contributed by atoms with Gasteiger partial charge in [-0.3, -0.25) is 4.98 Å². The predicted octanol–water partition coefficient (Wildman–Crippen LogP) is 6.73. The summed E-state index contributed by atoms with van der Waals surface area (Å²) in [6.07, 6.45) is 14.0. The summed E-state index contributed by atoms with van der Waals surface area (Å²) in [6, 6.07) is 6.11. The fourth-order valence-corrected chi connectivity index (χ4v) is 8.66. The topological polar surface area (TPSA) is 130 Å². The normalized spacial score (nSPS) is 18.9. The highest BCUT2D eigenvalue weighted by molar-refractivity contribution is 8.01. The molecule has 0 aliphatic carbocycles. The number of nitrogens with zero attached hydrogens (tertiary/aromatic N) is 1. The first kappa shape index (κ1) is 30.0. The maximum atomic E-state index is 12.0. The molecule has 44 heavy (non-hydrogen) atoms. The number of carboxylic acid groups (broad SMARTS) is 2. The van der Waals surface area contributed by atoms with E-state index in [9.17, 15) is 19.8 Å². The van der Waals surface area contributed by atoms with E-state index >= 15 is 0 Å². The van der Waals surface area contributed by atoms with E-state index in [1.807, 2.05) is 24.0 Å². The second-order valence-corrected chi connectivity index (χ2v) is 13.8. The van der Waals surface area contributed by atoms with Crippen molar-refractivity contribution in [1.29, 1.82) is 0 Å². The third-order valence-corrected chi connectivity index (χ3v) is 11.1. The van der Waals surface area contributed by atoms with Crippen LogP contribution in [0.4, 0.5) is 0 Å². The quantitative estimate of drug-likeness (QED) is 0.131. The number of allylic oxidation sites excluding steroid dienone is 2. The van der Waals surface area contributed by atoms with E-state index in [0.717, 1.165) is 41.7 Å². The van der Waals surface area contributed by atoms with Crippen molar-refractivity contribution in [3.63, 3.8) is 0 Å². The molecule has 6 heterocycles. The number of aromatic carboxylic acids is 1. The van der Waals surface area contributed by atoms with Gasteiger partial charge in [-0.2, -0.15) is 0 Å². The molecule has 4 N–H and O–H groups in total. The Morgan fingerprint density at radius 1 is 1.02 bits per heavy atom. The van der Waals surface area contributed by atoms with Gasteiger partial charge in [0.2, 0.25) is 0 Å². The zero-order chi connectivity index (χ0) is 30.6. The molecule has 3 aliphatic rings. The SMILES string of the molecule is CCCCCSc1sc(-c2ccc(C3=CC(C4=CC(C(=O)O)=CC(c5cc(C(=O)O)ccn5)N4)NC=C3)s2)c2c1OCCO2. The number of carboxylic acids is 2. The molecule has 0 bridgehead atoms. The Balaban J connectivity index is 1.25. The number of aliphatic carboxylic acids is 1. The van der Waals surface area contributed by atoms with E-state index in [-0.39, 0.29) is 17.2 Å². The van der Waals surface area contributed by atoms with Gasteiger partial charge in [0.1, 0.15) is 17.4 Å². The lowest BCUT2D eigenvalue weighted by Gasteiger charge is -2.29. The summed E-state index contributed by atoms with van der Waals surface area (Å²) in [5.74, 6) is 0.598. The third kappa shape index (κ3) is 6.42. The smallest absolute Gasteiger partial charge is 0.335 e. The first-order valence-electron chi connectivity index (χ1n) is 14.3. The van der Waals surface area contributed by atoms with Crippen LogP contribution in [-0.4, -0.2) is 52.1 Å². The number of pyridine rings is 1. The van der Waals surface area contributed by atoms with Crippen LogP contribution < -0.4 is 20.1 Å². The van der Waals surface area contributed by atoms with Crippen LogP contribution in [0.2, 0.25) is 0 Å². The standard InChI is InChI=1S/C32H31N3O6S3/c1-2-3-4-13-42-32-28-27(40-11-12-41-28)29(44-32)26-6-5-25(43-26)18-7-9-33-21(14-18)23-16-20(31(38)39)17-24(35-23)22-15-19(30(36)37)8-10-34-22/h5-10,14-17,21,24,33,35H,2-4,11-13H2,1H3,(H,36,37)(H,38,39). The largest absolute Gasteiger partial charge is 0.485 e.